The van der Waals surface area contributed by atoms with E-state index in [4.69, 9.17) is 4.74 Å². The van der Waals surface area contributed by atoms with E-state index in [-0.39, 0.29) is 29.8 Å². The molecule has 6 heteroatoms. The highest BCUT2D eigenvalue weighted by atomic mass is 16.5. The van der Waals surface area contributed by atoms with Crippen molar-refractivity contribution < 1.29 is 19.4 Å². The van der Waals surface area contributed by atoms with Gasteiger partial charge in [-0.1, -0.05) is 19.9 Å². The molecule has 0 bridgehead atoms. The van der Waals surface area contributed by atoms with E-state index in [1.54, 1.807) is 13.2 Å². The minimum atomic E-state index is -0.294. The van der Waals surface area contributed by atoms with Crippen molar-refractivity contribution in [3.63, 3.8) is 0 Å². The Morgan fingerprint density at radius 2 is 1.97 bits per heavy atom. The molecule has 1 fully saturated rings. The quantitative estimate of drug-likeness (QED) is 0.515. The zero-order valence-corrected chi connectivity index (χ0v) is 20.8. The molecular formula is C26H44N2O4. The molecule has 0 saturated carbocycles. The number of methoxy groups -OCH3 is 1. The summed E-state index contributed by atoms with van der Waals surface area (Å²) in [5.41, 5.74) is 0. The fourth-order valence-corrected chi connectivity index (χ4v) is 5.17. The van der Waals surface area contributed by atoms with E-state index < -0.39 is 0 Å². The smallest absolute Gasteiger partial charge is 0.224 e. The first-order chi connectivity index (χ1) is 15.2. The zero-order valence-electron chi connectivity index (χ0n) is 20.8. The first-order valence-corrected chi connectivity index (χ1v) is 12.3. The molecule has 0 spiro atoms. The molecule has 5 unspecified atom stereocenters. The van der Waals surface area contributed by atoms with Crippen molar-refractivity contribution in [3.05, 3.63) is 24.0 Å². The highest BCUT2D eigenvalue weighted by Gasteiger charge is 2.34. The Bertz CT molecular complexity index is 663. The van der Waals surface area contributed by atoms with Gasteiger partial charge in [0, 0.05) is 37.5 Å². The minimum absolute atomic E-state index is 0.0419. The number of carbonyl (C=O) groups excluding carboxylic acids is 2. The van der Waals surface area contributed by atoms with Gasteiger partial charge in [0.05, 0.1) is 13.2 Å². The van der Waals surface area contributed by atoms with Crippen molar-refractivity contribution in [1.29, 1.82) is 0 Å². The van der Waals surface area contributed by atoms with Crippen LogP contribution in [0.3, 0.4) is 0 Å². The number of ether oxygens (including phenoxy) is 1. The molecule has 6 nitrogen and oxygen atoms in total. The van der Waals surface area contributed by atoms with Crippen molar-refractivity contribution in [2.45, 2.75) is 77.9 Å². The summed E-state index contributed by atoms with van der Waals surface area (Å²) in [5.74, 6) is 1.56. The SMILES string of the molecule is CO/C1=C/C(=O)C(C(CC(=O)N2CC(C)CC(C)C2)N(C)CCCCC(C)O)CCC=C1. The molecule has 1 heterocycles. The van der Waals surface area contributed by atoms with Gasteiger partial charge < -0.3 is 19.6 Å². The lowest BCUT2D eigenvalue weighted by Crippen LogP contribution is -2.48. The third-order valence-corrected chi connectivity index (χ3v) is 6.83. The summed E-state index contributed by atoms with van der Waals surface area (Å²) < 4.78 is 5.33. The Hall–Kier alpha value is -1.66. The number of hydrogen-bond acceptors (Lipinski definition) is 5. The fourth-order valence-electron chi connectivity index (χ4n) is 5.17. The van der Waals surface area contributed by atoms with E-state index in [9.17, 15) is 14.7 Å². The van der Waals surface area contributed by atoms with Crippen molar-refractivity contribution >= 4 is 11.7 Å². The van der Waals surface area contributed by atoms with E-state index in [0.29, 0.717) is 24.0 Å². The number of nitrogens with zero attached hydrogens (tertiary/aromatic N) is 2. The molecule has 1 saturated heterocycles. The second-order valence-electron chi connectivity index (χ2n) is 10.1. The first-order valence-electron chi connectivity index (χ1n) is 12.3. The van der Waals surface area contributed by atoms with Crippen LogP contribution in [0.25, 0.3) is 0 Å². The van der Waals surface area contributed by atoms with Gasteiger partial charge in [0.25, 0.3) is 0 Å². The van der Waals surface area contributed by atoms with E-state index in [2.05, 4.69) is 18.7 Å². The number of aliphatic hydroxyl groups is 1. The molecule has 32 heavy (non-hydrogen) atoms. The summed E-state index contributed by atoms with van der Waals surface area (Å²) >= 11 is 0. The second kappa shape index (κ2) is 13.1. The molecule has 0 aromatic carbocycles. The number of piperidine rings is 1. The molecule has 0 aromatic heterocycles. The van der Waals surface area contributed by atoms with Crippen molar-refractivity contribution in [3.8, 4) is 0 Å². The summed E-state index contributed by atoms with van der Waals surface area (Å²) in [7, 11) is 3.61. The van der Waals surface area contributed by atoms with Gasteiger partial charge >= 0.3 is 0 Å². The average Bonchev–Trinajstić information content (AvgIpc) is 2.71. The first kappa shape index (κ1) is 26.6. The van der Waals surface area contributed by atoms with Crippen LogP contribution in [0.1, 0.15) is 65.7 Å². The third kappa shape index (κ3) is 8.36. The summed E-state index contributed by atoms with van der Waals surface area (Å²) in [6.07, 6.45) is 10.9. The third-order valence-electron chi connectivity index (χ3n) is 6.83. The lowest BCUT2D eigenvalue weighted by Gasteiger charge is -2.38. The van der Waals surface area contributed by atoms with Gasteiger partial charge in [0.2, 0.25) is 5.91 Å². The second-order valence-corrected chi connectivity index (χ2v) is 10.1. The molecule has 1 aliphatic carbocycles. The molecular weight excluding hydrogens is 404 g/mol. The maximum Gasteiger partial charge on any atom is 0.224 e. The molecule has 1 N–H and O–H groups in total. The van der Waals surface area contributed by atoms with E-state index in [0.717, 1.165) is 58.2 Å². The summed E-state index contributed by atoms with van der Waals surface area (Å²) in [5, 5.41) is 9.54. The van der Waals surface area contributed by atoms with Crippen LogP contribution in [0.2, 0.25) is 0 Å². The number of likely N-dealkylation sites (tertiary alicyclic amines) is 1. The van der Waals surface area contributed by atoms with Crippen molar-refractivity contribution in [2.24, 2.45) is 17.8 Å². The molecule has 2 aliphatic rings. The van der Waals surface area contributed by atoms with Gasteiger partial charge in [-0.25, -0.2) is 0 Å². The number of unbranched alkanes of at least 4 members (excludes halogenated alkanes) is 1. The monoisotopic (exact) mass is 448 g/mol. The molecule has 0 aromatic rings. The lowest BCUT2D eigenvalue weighted by atomic mass is 9.85. The summed E-state index contributed by atoms with van der Waals surface area (Å²) in [6.45, 7) is 8.66. The van der Waals surface area contributed by atoms with Crippen LogP contribution in [-0.4, -0.2) is 72.5 Å². The van der Waals surface area contributed by atoms with Crippen LogP contribution in [0, 0.1) is 17.8 Å². The van der Waals surface area contributed by atoms with E-state index >= 15 is 0 Å². The number of allylic oxidation sites excluding steroid dienone is 3. The molecule has 2 rings (SSSR count). The van der Waals surface area contributed by atoms with Gasteiger partial charge in [0.1, 0.15) is 5.76 Å². The van der Waals surface area contributed by atoms with Crippen LogP contribution in [0.15, 0.2) is 24.0 Å². The molecule has 1 amide bonds. The van der Waals surface area contributed by atoms with Gasteiger partial charge in [-0.2, -0.15) is 0 Å². The van der Waals surface area contributed by atoms with Crippen LogP contribution in [0.4, 0.5) is 0 Å². The van der Waals surface area contributed by atoms with Gasteiger partial charge in [-0.05, 0) is 77.0 Å². The Morgan fingerprint density at radius 1 is 1.28 bits per heavy atom. The maximum absolute atomic E-state index is 13.3. The van der Waals surface area contributed by atoms with Gasteiger partial charge in [0.15, 0.2) is 5.78 Å². The van der Waals surface area contributed by atoms with Crippen LogP contribution in [-0.2, 0) is 14.3 Å². The molecule has 5 atom stereocenters. The van der Waals surface area contributed by atoms with Crippen molar-refractivity contribution in [2.75, 3.05) is 33.8 Å². The number of aliphatic hydroxyl groups excluding tert-OH is 1. The Kier molecular flexibility index (Phi) is 10.9. The van der Waals surface area contributed by atoms with Crippen LogP contribution in [0.5, 0.6) is 0 Å². The van der Waals surface area contributed by atoms with Gasteiger partial charge in [-0.15, -0.1) is 0 Å². The summed E-state index contributed by atoms with van der Waals surface area (Å²) in [6, 6.07) is -0.144. The fraction of sp³-hybridized carbons (Fsp3) is 0.769. The minimum Gasteiger partial charge on any atom is -0.497 e. The average molecular weight is 449 g/mol. The Morgan fingerprint density at radius 3 is 2.59 bits per heavy atom. The Labute approximate surface area is 194 Å². The number of hydrogen-bond donors (Lipinski definition) is 1. The standard InChI is InChI=1S/C26H44N2O4/c1-19-14-20(2)18-28(17-19)26(31)16-24(27(4)13-9-8-10-21(3)29)23-12-7-6-11-22(32-5)15-25(23)30/h6,11,15,19-21,23-24,29H,7-10,12-14,16-18H2,1-5H3/b11-6?,22-15+. The Balaban J connectivity index is 2.16. The van der Waals surface area contributed by atoms with E-state index in [1.807, 2.05) is 31.0 Å². The lowest BCUT2D eigenvalue weighted by molar-refractivity contribution is -0.136. The predicted octanol–water partition coefficient (Wildman–Crippen LogP) is 3.80. The predicted molar refractivity (Wildman–Crippen MR) is 128 cm³/mol. The number of rotatable bonds is 10. The van der Waals surface area contributed by atoms with Crippen molar-refractivity contribution in [1.82, 2.24) is 9.80 Å². The molecule has 1 aliphatic heterocycles. The summed E-state index contributed by atoms with van der Waals surface area (Å²) in [4.78, 5) is 30.7. The number of amides is 1. The normalized spacial score (nSPS) is 28.0. The number of carbonyl (C=O) groups is 2. The van der Waals surface area contributed by atoms with Gasteiger partial charge in [-0.3, -0.25) is 9.59 Å². The molecule has 0 radical (unpaired) electrons. The zero-order chi connectivity index (χ0) is 23.7. The molecule has 182 valence electrons. The largest absolute Gasteiger partial charge is 0.497 e. The maximum atomic E-state index is 13.3. The highest BCUT2D eigenvalue weighted by Crippen LogP contribution is 2.27. The number of ketones is 1. The highest BCUT2D eigenvalue weighted by molar-refractivity contribution is 5.93. The van der Waals surface area contributed by atoms with Crippen LogP contribution >= 0.6 is 0 Å². The topological polar surface area (TPSA) is 70.1 Å². The van der Waals surface area contributed by atoms with Crippen LogP contribution < -0.4 is 0 Å². The van der Waals surface area contributed by atoms with E-state index in [1.165, 1.54) is 0 Å².